The van der Waals surface area contributed by atoms with Gasteiger partial charge in [0.15, 0.2) is 5.65 Å². The lowest BCUT2D eigenvalue weighted by molar-refractivity contribution is -0.122. The van der Waals surface area contributed by atoms with E-state index in [1.165, 1.54) is 0 Å². The van der Waals surface area contributed by atoms with Gasteiger partial charge in [0.05, 0.1) is 18.1 Å². The largest absolute Gasteiger partial charge is 0.355 e. The Balaban J connectivity index is 1.56. The van der Waals surface area contributed by atoms with Crippen molar-refractivity contribution < 1.29 is 4.79 Å². The number of hydrogen-bond acceptors (Lipinski definition) is 6. The predicted molar refractivity (Wildman–Crippen MR) is 92.9 cm³/mol. The minimum absolute atomic E-state index is 0.119. The highest BCUT2D eigenvalue weighted by Gasteiger charge is 2.22. The van der Waals surface area contributed by atoms with Gasteiger partial charge in [-0.15, -0.1) is 0 Å². The minimum atomic E-state index is 0.119. The number of amides is 1. The van der Waals surface area contributed by atoms with Crippen LogP contribution in [-0.2, 0) is 11.8 Å². The summed E-state index contributed by atoms with van der Waals surface area (Å²) in [6, 6.07) is 0. The summed E-state index contributed by atoms with van der Waals surface area (Å²) in [4.78, 5) is 25.1. The Kier molecular flexibility index (Phi) is 5.24. The lowest BCUT2D eigenvalue weighted by Crippen LogP contribution is -2.49. The highest BCUT2D eigenvalue weighted by atomic mass is 16.2. The number of aryl methyl sites for hydroxylation is 1. The number of anilines is 1. The van der Waals surface area contributed by atoms with Gasteiger partial charge in [-0.25, -0.2) is 9.97 Å². The van der Waals surface area contributed by atoms with E-state index in [4.69, 9.17) is 0 Å². The number of unbranched alkanes of at least 4 members (excludes halogenated alkanes) is 1. The molecular weight excluding hydrogens is 306 g/mol. The Morgan fingerprint density at radius 3 is 2.79 bits per heavy atom. The Morgan fingerprint density at radius 1 is 1.25 bits per heavy atom. The molecule has 2 aromatic heterocycles. The maximum absolute atomic E-state index is 11.9. The molecule has 1 aliphatic heterocycles. The van der Waals surface area contributed by atoms with E-state index in [9.17, 15) is 4.79 Å². The van der Waals surface area contributed by atoms with Crippen molar-refractivity contribution in [3.8, 4) is 0 Å². The van der Waals surface area contributed by atoms with Crippen LogP contribution in [0.3, 0.4) is 0 Å². The molecule has 8 heteroatoms. The third-order valence-corrected chi connectivity index (χ3v) is 4.40. The van der Waals surface area contributed by atoms with E-state index < -0.39 is 0 Å². The number of hydrogen-bond donors (Lipinski definition) is 1. The first-order valence-corrected chi connectivity index (χ1v) is 8.55. The number of nitrogens with one attached hydrogen (secondary N) is 1. The molecule has 2 aromatic rings. The number of aromatic nitrogens is 4. The average molecular weight is 331 g/mol. The fraction of sp³-hybridized carbons (Fsp3) is 0.625. The number of nitrogens with zero attached hydrogens (tertiary/aromatic N) is 6. The first-order chi connectivity index (χ1) is 11.7. The van der Waals surface area contributed by atoms with Crippen LogP contribution in [0.1, 0.15) is 19.8 Å². The summed E-state index contributed by atoms with van der Waals surface area (Å²) >= 11 is 0. The van der Waals surface area contributed by atoms with Gasteiger partial charge in [-0.2, -0.15) is 5.10 Å². The third kappa shape index (κ3) is 3.64. The van der Waals surface area contributed by atoms with Crippen LogP contribution in [0.2, 0.25) is 0 Å². The molecule has 1 fully saturated rings. The highest BCUT2D eigenvalue weighted by molar-refractivity contribution is 5.86. The van der Waals surface area contributed by atoms with Gasteiger partial charge < -0.3 is 10.2 Å². The summed E-state index contributed by atoms with van der Waals surface area (Å²) in [5.41, 5.74) is 0.845. The molecule has 1 N–H and O–H groups in total. The van der Waals surface area contributed by atoms with Crippen molar-refractivity contribution >= 4 is 22.8 Å². The second-order valence-corrected chi connectivity index (χ2v) is 6.17. The molecule has 0 saturated carbocycles. The molecule has 8 nitrogen and oxygen atoms in total. The van der Waals surface area contributed by atoms with E-state index >= 15 is 0 Å². The quantitative estimate of drug-likeness (QED) is 0.772. The van der Waals surface area contributed by atoms with Crippen molar-refractivity contribution in [2.45, 2.75) is 19.8 Å². The molecule has 0 unspecified atom stereocenters. The fourth-order valence-corrected chi connectivity index (χ4v) is 2.98. The normalized spacial score (nSPS) is 15.8. The maximum atomic E-state index is 11.9. The zero-order valence-corrected chi connectivity index (χ0v) is 14.4. The van der Waals surface area contributed by atoms with Crippen molar-refractivity contribution in [1.82, 2.24) is 30.0 Å². The average Bonchev–Trinajstić information content (AvgIpc) is 2.97. The van der Waals surface area contributed by atoms with Crippen LogP contribution in [0.25, 0.3) is 11.0 Å². The Hall–Kier alpha value is -2.22. The zero-order valence-electron chi connectivity index (χ0n) is 14.4. The van der Waals surface area contributed by atoms with Gasteiger partial charge in [0, 0.05) is 39.8 Å². The van der Waals surface area contributed by atoms with Gasteiger partial charge in [-0.3, -0.25) is 14.4 Å². The summed E-state index contributed by atoms with van der Waals surface area (Å²) in [6.07, 6.45) is 5.54. The van der Waals surface area contributed by atoms with E-state index in [-0.39, 0.29) is 5.91 Å². The Morgan fingerprint density at radius 2 is 2.04 bits per heavy atom. The second kappa shape index (κ2) is 7.57. The number of fused-ring (bicyclic) bond motifs is 1. The Bertz CT molecular complexity index is 691. The van der Waals surface area contributed by atoms with Crippen molar-refractivity contribution in [2.24, 2.45) is 7.05 Å². The van der Waals surface area contributed by atoms with Crippen LogP contribution in [0.4, 0.5) is 5.82 Å². The molecule has 3 heterocycles. The summed E-state index contributed by atoms with van der Waals surface area (Å²) in [5, 5.41) is 8.22. The molecule has 0 spiro atoms. The summed E-state index contributed by atoms with van der Waals surface area (Å²) in [5.74, 6) is 1.05. The standard InChI is InChI=1S/C16H25N7O/c1-3-4-5-17-14(24)11-22-6-8-23(9-7-22)16-13-10-20-21(2)15(13)18-12-19-16/h10,12H,3-9,11H2,1-2H3,(H,17,24). The van der Waals surface area contributed by atoms with Crippen molar-refractivity contribution in [2.75, 3.05) is 44.2 Å². The molecule has 130 valence electrons. The van der Waals surface area contributed by atoms with Crippen LogP contribution in [0.5, 0.6) is 0 Å². The SMILES string of the molecule is CCCCNC(=O)CN1CCN(c2ncnc3c2cnn3C)CC1. The van der Waals surface area contributed by atoms with Gasteiger partial charge in [0.25, 0.3) is 0 Å². The monoisotopic (exact) mass is 331 g/mol. The molecule has 3 rings (SSSR count). The molecule has 0 aromatic carbocycles. The Labute approximate surface area is 141 Å². The van der Waals surface area contributed by atoms with Gasteiger partial charge in [0.1, 0.15) is 12.1 Å². The molecule has 0 bridgehead atoms. The predicted octanol–water partition coefficient (Wildman–Crippen LogP) is 0.402. The minimum Gasteiger partial charge on any atom is -0.355 e. The van der Waals surface area contributed by atoms with Crippen molar-refractivity contribution in [3.63, 3.8) is 0 Å². The number of rotatable bonds is 6. The summed E-state index contributed by atoms with van der Waals surface area (Å²) in [6.45, 7) is 6.78. The third-order valence-electron chi connectivity index (χ3n) is 4.40. The lowest BCUT2D eigenvalue weighted by Gasteiger charge is -2.35. The fourth-order valence-electron chi connectivity index (χ4n) is 2.98. The van der Waals surface area contributed by atoms with Crippen LogP contribution >= 0.6 is 0 Å². The second-order valence-electron chi connectivity index (χ2n) is 6.17. The number of carbonyl (C=O) groups excluding carboxylic acids is 1. The molecule has 1 amide bonds. The van der Waals surface area contributed by atoms with Gasteiger partial charge in [-0.1, -0.05) is 13.3 Å². The molecule has 24 heavy (non-hydrogen) atoms. The van der Waals surface area contributed by atoms with Crippen LogP contribution in [0.15, 0.2) is 12.5 Å². The topological polar surface area (TPSA) is 79.2 Å². The van der Waals surface area contributed by atoms with Gasteiger partial charge >= 0.3 is 0 Å². The summed E-state index contributed by atoms with van der Waals surface area (Å²) in [7, 11) is 1.88. The van der Waals surface area contributed by atoms with E-state index in [0.29, 0.717) is 6.54 Å². The first kappa shape index (κ1) is 16.6. The van der Waals surface area contributed by atoms with Crippen LogP contribution < -0.4 is 10.2 Å². The number of piperazine rings is 1. The molecule has 0 aliphatic carbocycles. The molecule has 1 aliphatic rings. The van der Waals surface area contributed by atoms with Crippen LogP contribution in [0, 0.1) is 0 Å². The van der Waals surface area contributed by atoms with Crippen LogP contribution in [-0.4, -0.2) is 69.8 Å². The van der Waals surface area contributed by atoms with E-state index in [0.717, 1.165) is 62.4 Å². The lowest BCUT2D eigenvalue weighted by atomic mass is 10.2. The summed E-state index contributed by atoms with van der Waals surface area (Å²) < 4.78 is 1.76. The van der Waals surface area contributed by atoms with Crippen molar-refractivity contribution in [1.29, 1.82) is 0 Å². The van der Waals surface area contributed by atoms with Crippen molar-refractivity contribution in [3.05, 3.63) is 12.5 Å². The van der Waals surface area contributed by atoms with E-state index in [1.807, 2.05) is 13.2 Å². The van der Waals surface area contributed by atoms with E-state index in [1.54, 1.807) is 11.0 Å². The maximum Gasteiger partial charge on any atom is 0.234 e. The van der Waals surface area contributed by atoms with Gasteiger partial charge in [-0.05, 0) is 6.42 Å². The molecular formula is C16H25N7O. The molecule has 1 saturated heterocycles. The van der Waals surface area contributed by atoms with E-state index in [2.05, 4.69) is 37.1 Å². The molecule has 0 radical (unpaired) electrons. The van der Waals surface area contributed by atoms with Gasteiger partial charge in [0.2, 0.25) is 5.91 Å². The number of carbonyl (C=O) groups is 1. The molecule has 0 atom stereocenters. The highest BCUT2D eigenvalue weighted by Crippen LogP contribution is 2.22. The first-order valence-electron chi connectivity index (χ1n) is 8.55. The zero-order chi connectivity index (χ0) is 16.9. The smallest absolute Gasteiger partial charge is 0.234 e.